The molecular formula is C15H22FNO2. The van der Waals surface area contributed by atoms with E-state index >= 15 is 0 Å². The van der Waals surface area contributed by atoms with Gasteiger partial charge in [0.15, 0.2) is 0 Å². The van der Waals surface area contributed by atoms with Crippen LogP contribution in [-0.4, -0.2) is 34.6 Å². The van der Waals surface area contributed by atoms with E-state index in [0.29, 0.717) is 0 Å². The molecule has 3 nitrogen and oxygen atoms in total. The van der Waals surface area contributed by atoms with Gasteiger partial charge < -0.3 is 5.11 Å². The van der Waals surface area contributed by atoms with Crippen LogP contribution in [0.5, 0.6) is 0 Å². The van der Waals surface area contributed by atoms with Crippen LogP contribution >= 0.6 is 0 Å². The Labute approximate surface area is 114 Å². The van der Waals surface area contributed by atoms with Crippen molar-refractivity contribution in [3.05, 3.63) is 35.6 Å². The zero-order valence-electron chi connectivity index (χ0n) is 11.8. The number of hydrogen-bond donors (Lipinski definition) is 1. The molecule has 1 rings (SSSR count). The van der Waals surface area contributed by atoms with Crippen LogP contribution in [0.2, 0.25) is 0 Å². The molecule has 19 heavy (non-hydrogen) atoms. The molecular weight excluding hydrogens is 245 g/mol. The number of nitrogens with zero attached hydrogens (tertiary/aromatic N) is 1. The first-order valence-corrected chi connectivity index (χ1v) is 6.62. The van der Waals surface area contributed by atoms with Gasteiger partial charge in [0.1, 0.15) is 5.82 Å². The fraction of sp³-hybridized carbons (Fsp3) is 0.533. The summed E-state index contributed by atoms with van der Waals surface area (Å²) in [7, 11) is 0. The summed E-state index contributed by atoms with van der Waals surface area (Å²) < 4.78 is 13.1. The number of aliphatic carboxylic acids is 1. The third-order valence-corrected chi connectivity index (χ3v) is 3.29. The van der Waals surface area contributed by atoms with E-state index in [1.807, 2.05) is 31.7 Å². The van der Waals surface area contributed by atoms with E-state index in [0.717, 1.165) is 18.4 Å². The van der Waals surface area contributed by atoms with Gasteiger partial charge in [0.05, 0.1) is 6.54 Å². The monoisotopic (exact) mass is 267 g/mol. The normalized spacial score (nSPS) is 12.9. The summed E-state index contributed by atoms with van der Waals surface area (Å²) in [5.74, 6) is -1.04. The van der Waals surface area contributed by atoms with Gasteiger partial charge in [-0.1, -0.05) is 12.1 Å². The summed E-state index contributed by atoms with van der Waals surface area (Å²) >= 11 is 0. The molecule has 106 valence electrons. The Hall–Kier alpha value is -1.42. The lowest BCUT2D eigenvalue weighted by Gasteiger charge is -2.31. The van der Waals surface area contributed by atoms with Crippen molar-refractivity contribution >= 4 is 5.97 Å². The van der Waals surface area contributed by atoms with Crippen molar-refractivity contribution in [3.63, 3.8) is 0 Å². The molecule has 0 heterocycles. The number of carbonyl (C=O) groups is 1. The molecule has 0 fully saturated rings. The van der Waals surface area contributed by atoms with Crippen molar-refractivity contribution in [1.29, 1.82) is 0 Å². The van der Waals surface area contributed by atoms with E-state index < -0.39 is 5.97 Å². The summed E-state index contributed by atoms with van der Waals surface area (Å²) in [5.41, 5.74) is 0.950. The Balaban J connectivity index is 2.57. The molecule has 1 atom stereocenters. The number of hydrogen-bond acceptors (Lipinski definition) is 2. The lowest BCUT2D eigenvalue weighted by atomic mass is 10.0. The van der Waals surface area contributed by atoms with Crippen LogP contribution < -0.4 is 0 Å². The van der Waals surface area contributed by atoms with Crippen LogP contribution in [0.25, 0.3) is 0 Å². The molecule has 1 aromatic rings. The molecule has 4 heteroatoms. The molecule has 0 saturated carbocycles. The van der Waals surface area contributed by atoms with Gasteiger partial charge in [-0.25, -0.2) is 4.39 Å². The molecule has 0 aliphatic heterocycles. The topological polar surface area (TPSA) is 40.5 Å². The van der Waals surface area contributed by atoms with Crippen molar-refractivity contribution in [1.82, 2.24) is 4.90 Å². The molecule has 0 spiro atoms. The summed E-state index contributed by atoms with van der Waals surface area (Å²) in [6, 6.07) is 6.89. The first-order chi connectivity index (χ1) is 8.90. The maximum absolute atomic E-state index is 13.1. The van der Waals surface area contributed by atoms with Gasteiger partial charge in [-0.3, -0.25) is 9.69 Å². The number of carboxylic acid groups (broad SMARTS) is 1. The number of rotatable bonds is 7. The molecule has 1 N–H and O–H groups in total. The highest BCUT2D eigenvalue weighted by atomic mass is 19.1. The Morgan fingerprint density at radius 2 is 2.05 bits per heavy atom. The van der Waals surface area contributed by atoms with Crippen LogP contribution in [-0.2, 0) is 11.2 Å². The van der Waals surface area contributed by atoms with Gasteiger partial charge >= 0.3 is 5.97 Å². The van der Waals surface area contributed by atoms with E-state index in [2.05, 4.69) is 0 Å². The van der Waals surface area contributed by atoms with Crippen molar-refractivity contribution < 1.29 is 14.3 Å². The first kappa shape index (κ1) is 15.6. The lowest BCUT2D eigenvalue weighted by Crippen LogP contribution is -2.42. The third-order valence-electron chi connectivity index (χ3n) is 3.29. The molecule has 1 aromatic carbocycles. The quantitative estimate of drug-likeness (QED) is 0.825. The minimum Gasteiger partial charge on any atom is -0.480 e. The maximum atomic E-state index is 13.1. The van der Waals surface area contributed by atoms with E-state index in [1.165, 1.54) is 12.1 Å². The molecule has 0 bridgehead atoms. The minimum atomic E-state index is -0.814. The van der Waals surface area contributed by atoms with E-state index in [9.17, 15) is 9.18 Å². The van der Waals surface area contributed by atoms with Crippen LogP contribution in [0, 0.1) is 5.82 Å². The standard InChI is InChI=1S/C15H22FNO2/c1-11(2)17(10-15(18)19)12(3)7-8-13-5-4-6-14(16)9-13/h4-6,9,11-12H,7-8,10H2,1-3H3,(H,18,19). The average Bonchev–Trinajstić information content (AvgIpc) is 2.32. The SMILES string of the molecule is CC(C)N(CC(=O)O)C(C)CCc1cccc(F)c1. The van der Waals surface area contributed by atoms with Crippen LogP contribution in [0.3, 0.4) is 0 Å². The molecule has 0 aromatic heterocycles. The Kier molecular flexibility index (Phi) is 5.96. The van der Waals surface area contributed by atoms with Crippen LogP contribution in [0.1, 0.15) is 32.8 Å². The fourth-order valence-electron chi connectivity index (χ4n) is 2.24. The second-order valence-electron chi connectivity index (χ2n) is 5.18. The summed E-state index contributed by atoms with van der Waals surface area (Å²) in [6.45, 7) is 6.04. The number of benzene rings is 1. The molecule has 0 amide bonds. The summed E-state index contributed by atoms with van der Waals surface area (Å²) in [4.78, 5) is 12.8. The molecule has 0 aliphatic carbocycles. The van der Waals surface area contributed by atoms with Gasteiger partial charge in [-0.15, -0.1) is 0 Å². The van der Waals surface area contributed by atoms with Crippen molar-refractivity contribution in [3.8, 4) is 0 Å². The maximum Gasteiger partial charge on any atom is 0.317 e. The van der Waals surface area contributed by atoms with E-state index in [-0.39, 0.29) is 24.4 Å². The highest BCUT2D eigenvalue weighted by Crippen LogP contribution is 2.13. The molecule has 1 unspecified atom stereocenters. The van der Waals surface area contributed by atoms with Crippen LogP contribution in [0.4, 0.5) is 4.39 Å². The highest BCUT2D eigenvalue weighted by Gasteiger charge is 2.19. The second kappa shape index (κ2) is 7.24. The lowest BCUT2D eigenvalue weighted by molar-refractivity contribution is -0.139. The van der Waals surface area contributed by atoms with Gasteiger partial charge in [0, 0.05) is 12.1 Å². The van der Waals surface area contributed by atoms with Crippen molar-refractivity contribution in [2.24, 2.45) is 0 Å². The molecule has 0 saturated heterocycles. The Bertz CT molecular complexity index is 420. The Morgan fingerprint density at radius 1 is 1.37 bits per heavy atom. The van der Waals surface area contributed by atoms with E-state index in [1.54, 1.807) is 6.07 Å². The fourth-order valence-corrected chi connectivity index (χ4v) is 2.24. The molecule has 0 radical (unpaired) electrons. The van der Waals surface area contributed by atoms with Gasteiger partial charge in [-0.05, 0) is 51.3 Å². The largest absolute Gasteiger partial charge is 0.480 e. The van der Waals surface area contributed by atoms with Gasteiger partial charge in [0.2, 0.25) is 0 Å². The highest BCUT2D eigenvalue weighted by molar-refractivity contribution is 5.69. The second-order valence-corrected chi connectivity index (χ2v) is 5.18. The smallest absolute Gasteiger partial charge is 0.317 e. The number of aryl methyl sites for hydroxylation is 1. The zero-order chi connectivity index (χ0) is 14.4. The van der Waals surface area contributed by atoms with Crippen molar-refractivity contribution in [2.45, 2.75) is 45.7 Å². The van der Waals surface area contributed by atoms with Crippen LogP contribution in [0.15, 0.2) is 24.3 Å². The van der Waals surface area contributed by atoms with E-state index in [4.69, 9.17) is 5.11 Å². The number of halogens is 1. The summed E-state index contributed by atoms with van der Waals surface area (Å²) in [5, 5.41) is 8.91. The number of carboxylic acids is 1. The third kappa shape index (κ3) is 5.39. The predicted molar refractivity (Wildman–Crippen MR) is 73.7 cm³/mol. The predicted octanol–water partition coefficient (Wildman–Crippen LogP) is 2.94. The minimum absolute atomic E-state index is 0.0436. The van der Waals surface area contributed by atoms with Gasteiger partial charge in [0.25, 0.3) is 0 Å². The Morgan fingerprint density at radius 3 is 2.58 bits per heavy atom. The van der Waals surface area contributed by atoms with Crippen molar-refractivity contribution in [2.75, 3.05) is 6.54 Å². The summed E-state index contributed by atoms with van der Waals surface area (Å²) in [6.07, 6.45) is 1.57. The zero-order valence-corrected chi connectivity index (χ0v) is 11.8. The average molecular weight is 267 g/mol. The van der Waals surface area contributed by atoms with Gasteiger partial charge in [-0.2, -0.15) is 0 Å². The first-order valence-electron chi connectivity index (χ1n) is 6.62. The molecule has 0 aliphatic rings.